The van der Waals surface area contributed by atoms with Gasteiger partial charge in [0.15, 0.2) is 5.78 Å². The summed E-state index contributed by atoms with van der Waals surface area (Å²) in [5, 5.41) is 55.0. The number of rotatable bonds is 19. The van der Waals surface area contributed by atoms with Crippen molar-refractivity contribution in [3.05, 3.63) is 90.0 Å². The minimum absolute atomic E-state index is 0.0451. The Morgan fingerprint density at radius 3 is 2.08 bits per heavy atom. The maximum Gasteiger partial charge on any atom is 0.258 e. The monoisotopic (exact) mass is 768 g/mol. The van der Waals surface area contributed by atoms with E-state index < -0.39 is 23.6 Å². The predicted octanol–water partition coefficient (Wildman–Crippen LogP) is 7.58. The number of anilines is 2. The second kappa shape index (κ2) is 20.7. The summed E-state index contributed by atoms with van der Waals surface area (Å²) in [6.07, 6.45) is 0. The molecule has 0 aliphatic rings. The van der Waals surface area contributed by atoms with Gasteiger partial charge in [0, 0.05) is 21.4 Å². The van der Waals surface area contributed by atoms with E-state index in [1.807, 2.05) is 0 Å². The number of ether oxygens (including phenoxy) is 2. The van der Waals surface area contributed by atoms with E-state index in [1.54, 1.807) is 61.5 Å². The Balaban J connectivity index is 1.42. The first-order chi connectivity index (χ1) is 25.6. The molecule has 0 saturated carbocycles. The van der Waals surface area contributed by atoms with Gasteiger partial charge in [0.25, 0.3) is 11.8 Å². The number of aliphatic hydroxyl groups excluding tert-OH is 1. The quantitative estimate of drug-likeness (QED) is 0.0203. The largest absolute Gasteiger partial charge is 0.495 e. The van der Waals surface area contributed by atoms with Gasteiger partial charge in [-0.1, -0.05) is 10.1 Å². The lowest BCUT2D eigenvalue weighted by molar-refractivity contribution is -0.432. The van der Waals surface area contributed by atoms with E-state index in [0.717, 1.165) is 24.1 Å². The minimum Gasteiger partial charge on any atom is -0.495 e. The van der Waals surface area contributed by atoms with Crippen molar-refractivity contribution in [1.29, 1.82) is 0 Å². The van der Waals surface area contributed by atoms with Gasteiger partial charge in [-0.3, -0.25) is 14.4 Å². The van der Waals surface area contributed by atoms with Gasteiger partial charge in [-0.2, -0.15) is 20.5 Å². The number of aryl methyl sites for hydroxylation is 1. The van der Waals surface area contributed by atoms with Gasteiger partial charge in [-0.05, 0) is 92.2 Å². The number of nitrogens with one attached hydrogen (secondary N) is 2. The second-order valence-corrected chi connectivity index (χ2v) is 12.0. The summed E-state index contributed by atoms with van der Waals surface area (Å²) in [5.41, 5.74) is 2.66. The van der Waals surface area contributed by atoms with E-state index >= 15 is 0 Å². The van der Waals surface area contributed by atoms with Gasteiger partial charge >= 0.3 is 0 Å². The maximum absolute atomic E-state index is 13.1. The van der Waals surface area contributed by atoms with E-state index in [0.29, 0.717) is 32.4 Å². The van der Waals surface area contributed by atoms with Crippen molar-refractivity contribution in [2.24, 2.45) is 20.5 Å². The standard InChI is InChI=1S/C33H32N6O12S2/c1-19-16-27(28(46-3)18-30(19)53-51-49-45)35-33(43)31(20(2)41)39-37-22-6-4-21(5-7-22)32(42)34-26-13-10-24(17-29(26)47-15-14-40)38-36-23-8-11-25(12-9-23)52-50-48-44/h4-13,16-18,31,40,44-45H,14-15H2,1-3H3,(H,34,42)(H,35,43)/b38-36+,39-37+. The lowest BCUT2D eigenvalue weighted by Crippen LogP contribution is -2.32. The van der Waals surface area contributed by atoms with E-state index in [4.69, 9.17) is 20.0 Å². The molecule has 20 heteroatoms. The van der Waals surface area contributed by atoms with Crippen LogP contribution in [0.2, 0.25) is 0 Å². The number of carbonyl (C=O) groups is 3. The fraction of sp³-hybridized carbons (Fsp3) is 0.182. The van der Waals surface area contributed by atoms with Crippen LogP contribution in [0.3, 0.4) is 0 Å². The van der Waals surface area contributed by atoms with Crippen LogP contribution in [-0.4, -0.2) is 59.6 Å². The number of azo groups is 2. The molecule has 1 unspecified atom stereocenters. The molecule has 278 valence electrons. The van der Waals surface area contributed by atoms with Crippen molar-refractivity contribution < 1.29 is 58.2 Å². The van der Waals surface area contributed by atoms with E-state index in [-0.39, 0.29) is 41.7 Å². The second-order valence-electron chi connectivity index (χ2n) is 10.4. The highest BCUT2D eigenvalue weighted by molar-refractivity contribution is 7.94. The minimum atomic E-state index is -1.49. The third-order valence-corrected chi connectivity index (χ3v) is 8.14. The van der Waals surface area contributed by atoms with Crippen LogP contribution < -0.4 is 20.1 Å². The lowest BCUT2D eigenvalue weighted by Gasteiger charge is -2.15. The maximum atomic E-state index is 13.1. The van der Waals surface area contributed by atoms with Crippen LogP contribution in [-0.2, 0) is 28.3 Å². The first-order valence-electron chi connectivity index (χ1n) is 15.2. The first-order valence-corrected chi connectivity index (χ1v) is 16.6. The molecule has 0 aliphatic carbocycles. The molecule has 53 heavy (non-hydrogen) atoms. The van der Waals surface area contributed by atoms with Gasteiger partial charge in [0.05, 0.1) is 66.2 Å². The Bertz CT molecular complexity index is 1930. The average molecular weight is 769 g/mol. The number of hydrogen-bond acceptors (Lipinski definition) is 18. The van der Waals surface area contributed by atoms with Crippen molar-refractivity contribution in [2.45, 2.75) is 29.7 Å². The number of methoxy groups -OCH3 is 1. The fourth-order valence-corrected chi connectivity index (χ4v) is 5.09. The summed E-state index contributed by atoms with van der Waals surface area (Å²) in [7, 11) is 1.39. The molecule has 4 rings (SSSR count). The van der Waals surface area contributed by atoms with Crippen LogP contribution in [0.5, 0.6) is 11.5 Å². The van der Waals surface area contributed by atoms with Crippen molar-refractivity contribution >= 4 is 70.1 Å². The molecule has 18 nitrogen and oxygen atoms in total. The van der Waals surface area contributed by atoms with Gasteiger partial charge in [0.1, 0.15) is 18.1 Å². The molecule has 0 radical (unpaired) electrons. The zero-order valence-electron chi connectivity index (χ0n) is 28.1. The number of ketones is 1. The molecule has 0 aliphatic heterocycles. The normalized spacial score (nSPS) is 11.8. The number of aliphatic hydroxyl groups is 1. The molecule has 2 amide bonds. The average Bonchev–Trinajstić information content (AvgIpc) is 3.16. The summed E-state index contributed by atoms with van der Waals surface area (Å²) < 4.78 is 19.8. The molecule has 0 aromatic heterocycles. The molecule has 4 aromatic rings. The molecule has 0 saturated heterocycles. The number of Topliss-reactive ketones (excluding diaryl/α,β-unsaturated/α-hetero) is 1. The summed E-state index contributed by atoms with van der Waals surface area (Å²) in [6, 6.07) is 19.0. The Hall–Kier alpha value is -5.29. The molecule has 1 atom stereocenters. The Morgan fingerprint density at radius 2 is 1.42 bits per heavy atom. The third-order valence-electron chi connectivity index (χ3n) is 6.80. The number of nitrogens with zero attached hydrogens (tertiary/aromatic N) is 4. The molecule has 0 heterocycles. The molecular formula is C33H32N6O12S2. The van der Waals surface area contributed by atoms with Crippen LogP contribution in [0, 0.1) is 6.92 Å². The van der Waals surface area contributed by atoms with Crippen LogP contribution in [0.25, 0.3) is 0 Å². The van der Waals surface area contributed by atoms with Crippen molar-refractivity contribution in [3.8, 4) is 11.5 Å². The Morgan fingerprint density at radius 1 is 0.774 bits per heavy atom. The van der Waals surface area contributed by atoms with Gasteiger partial charge in [-0.25, -0.2) is 10.5 Å². The van der Waals surface area contributed by atoms with Gasteiger partial charge in [0.2, 0.25) is 6.04 Å². The smallest absolute Gasteiger partial charge is 0.258 e. The Labute approximate surface area is 310 Å². The van der Waals surface area contributed by atoms with Crippen LogP contribution >= 0.6 is 24.1 Å². The predicted molar refractivity (Wildman–Crippen MR) is 191 cm³/mol. The molecular weight excluding hydrogens is 737 g/mol. The van der Waals surface area contributed by atoms with Crippen LogP contribution in [0.4, 0.5) is 28.4 Å². The van der Waals surface area contributed by atoms with E-state index in [9.17, 15) is 19.5 Å². The van der Waals surface area contributed by atoms with Crippen LogP contribution in [0.15, 0.2) is 109 Å². The molecule has 0 spiro atoms. The Kier molecular flexibility index (Phi) is 15.8. The SMILES string of the molecule is COc1cc(SOOO)c(C)cc1NC(=O)C(/N=N/c1ccc(C(=O)Nc2ccc(/N=N/c3ccc(SOOO)cc3)cc2OCCO)cc1)C(C)=O. The highest BCUT2D eigenvalue weighted by Gasteiger charge is 2.25. The van der Waals surface area contributed by atoms with E-state index in [2.05, 4.69) is 49.8 Å². The topological polar surface area (TPSA) is 241 Å². The molecule has 4 aromatic carbocycles. The molecule has 0 fully saturated rings. The number of hydrogen-bond donors (Lipinski definition) is 5. The summed E-state index contributed by atoms with van der Waals surface area (Å²) >= 11 is 1.53. The highest BCUT2D eigenvalue weighted by Crippen LogP contribution is 2.35. The van der Waals surface area contributed by atoms with Crippen molar-refractivity contribution in [1.82, 2.24) is 0 Å². The highest BCUT2D eigenvalue weighted by atomic mass is 32.2. The van der Waals surface area contributed by atoms with Crippen molar-refractivity contribution in [2.75, 3.05) is 31.0 Å². The molecule has 0 bridgehead atoms. The summed E-state index contributed by atoms with van der Waals surface area (Å²) in [6.45, 7) is 2.61. The zero-order valence-corrected chi connectivity index (χ0v) is 29.8. The van der Waals surface area contributed by atoms with Gasteiger partial charge < -0.3 is 25.2 Å². The number of carbonyl (C=O) groups excluding carboxylic acids is 3. The fourth-order valence-electron chi connectivity index (χ4n) is 4.29. The first kappa shape index (κ1) is 40.5. The number of benzene rings is 4. The lowest BCUT2D eigenvalue weighted by atomic mass is 10.1. The molecule has 5 N–H and O–H groups in total. The third kappa shape index (κ3) is 12.1. The van der Waals surface area contributed by atoms with E-state index in [1.165, 1.54) is 38.3 Å². The summed E-state index contributed by atoms with van der Waals surface area (Å²) in [5.74, 6) is -1.33. The summed E-state index contributed by atoms with van der Waals surface area (Å²) in [4.78, 5) is 39.7. The zero-order chi connectivity index (χ0) is 38.2. The van der Waals surface area contributed by atoms with Crippen molar-refractivity contribution in [3.63, 3.8) is 0 Å². The number of amides is 2. The van der Waals surface area contributed by atoms with Gasteiger partial charge in [-0.15, -0.1) is 8.67 Å². The van der Waals surface area contributed by atoms with Crippen LogP contribution in [0.1, 0.15) is 22.8 Å².